The molecule has 0 spiro atoms. The smallest absolute Gasteiger partial charge is 0.143 e. The predicted octanol–water partition coefficient (Wildman–Crippen LogP) is 0.921. The van der Waals surface area contributed by atoms with E-state index in [1.54, 1.807) is 0 Å². The molecule has 0 amide bonds. The Morgan fingerprint density at radius 3 is 2.00 bits per heavy atom. The van der Waals surface area contributed by atoms with Gasteiger partial charge in [-0.05, 0) is 18.1 Å². The van der Waals surface area contributed by atoms with Crippen LogP contribution in [0.5, 0.6) is 0 Å². The third kappa shape index (κ3) is 1.13. The van der Waals surface area contributed by atoms with E-state index in [-0.39, 0.29) is 6.17 Å². The maximum atomic E-state index is 4.48. The summed E-state index contributed by atoms with van der Waals surface area (Å²) in [5.41, 5.74) is 0. The van der Waals surface area contributed by atoms with E-state index >= 15 is 0 Å². The van der Waals surface area contributed by atoms with Crippen LogP contribution in [0.15, 0.2) is 34.3 Å². The minimum Gasteiger partial charge on any atom is -0.256 e. The number of para-hydroxylation sites is 2. The van der Waals surface area contributed by atoms with Crippen LogP contribution in [0.25, 0.3) is 0 Å². The van der Waals surface area contributed by atoms with Crippen LogP contribution < -0.4 is 10.7 Å². The minimum absolute atomic E-state index is 0.141. The summed E-state index contributed by atoms with van der Waals surface area (Å²) in [5, 5.41) is 2.08. The summed E-state index contributed by atoms with van der Waals surface area (Å²) in [4.78, 5) is 8.97. The van der Waals surface area contributed by atoms with Gasteiger partial charge in [0.05, 0.1) is 10.7 Å². The van der Waals surface area contributed by atoms with Gasteiger partial charge in [-0.15, -0.1) is 0 Å². The molecule has 0 aliphatic carbocycles. The molecule has 1 aromatic rings. The summed E-state index contributed by atoms with van der Waals surface area (Å²) in [7, 11) is 0. The maximum Gasteiger partial charge on any atom is 0.143 e. The van der Waals surface area contributed by atoms with Crippen LogP contribution in [0.3, 0.4) is 0 Å². The molecular weight excluding hydrogens is 148 g/mol. The summed E-state index contributed by atoms with van der Waals surface area (Å²) in [5.74, 6) is 0.498. The fourth-order valence-electron chi connectivity index (χ4n) is 1.29. The highest BCUT2D eigenvalue weighted by Crippen LogP contribution is 2.07. The van der Waals surface area contributed by atoms with Gasteiger partial charge < -0.3 is 0 Å². The maximum absolute atomic E-state index is 4.48. The lowest BCUT2D eigenvalue weighted by molar-refractivity contribution is 0.510. The van der Waals surface area contributed by atoms with Gasteiger partial charge in [-0.1, -0.05) is 26.0 Å². The quantitative estimate of drug-likeness (QED) is 0.583. The van der Waals surface area contributed by atoms with Crippen LogP contribution in [0.2, 0.25) is 0 Å². The van der Waals surface area contributed by atoms with E-state index in [4.69, 9.17) is 0 Å². The van der Waals surface area contributed by atoms with Gasteiger partial charge in [-0.2, -0.15) is 0 Å². The van der Waals surface area contributed by atoms with Gasteiger partial charge in [0.1, 0.15) is 6.17 Å². The highest BCUT2D eigenvalue weighted by molar-refractivity contribution is 5.04. The molecule has 1 aromatic carbocycles. The van der Waals surface area contributed by atoms with Crippen molar-refractivity contribution in [2.45, 2.75) is 20.0 Å². The Bertz CT molecular complexity index is 358. The van der Waals surface area contributed by atoms with Gasteiger partial charge in [-0.25, -0.2) is 0 Å². The van der Waals surface area contributed by atoms with Crippen LogP contribution in [0, 0.1) is 5.92 Å². The summed E-state index contributed by atoms with van der Waals surface area (Å²) in [6, 6.07) is 8.03. The molecule has 0 bridgehead atoms. The van der Waals surface area contributed by atoms with Crippen molar-refractivity contribution in [3.8, 4) is 0 Å². The molecule has 0 N–H and O–H groups in total. The fourth-order valence-corrected chi connectivity index (χ4v) is 1.29. The average molecular weight is 160 g/mol. The zero-order chi connectivity index (χ0) is 8.55. The predicted molar refractivity (Wildman–Crippen MR) is 47.4 cm³/mol. The molecule has 1 aliphatic rings. The number of benzene rings is 1. The first-order valence-electron chi connectivity index (χ1n) is 4.28. The lowest BCUT2D eigenvalue weighted by Crippen LogP contribution is -2.19. The van der Waals surface area contributed by atoms with Crippen LogP contribution in [-0.4, -0.2) is 6.17 Å². The Hall–Kier alpha value is -1.18. The largest absolute Gasteiger partial charge is 0.256 e. The summed E-state index contributed by atoms with van der Waals surface area (Å²) in [6.07, 6.45) is 0.141. The van der Waals surface area contributed by atoms with E-state index in [1.807, 2.05) is 24.3 Å². The summed E-state index contributed by atoms with van der Waals surface area (Å²) < 4.78 is 0. The monoisotopic (exact) mass is 160 g/mol. The van der Waals surface area contributed by atoms with Crippen molar-refractivity contribution in [1.82, 2.24) is 0 Å². The van der Waals surface area contributed by atoms with E-state index in [1.165, 1.54) is 0 Å². The third-order valence-corrected chi connectivity index (χ3v) is 2.02. The van der Waals surface area contributed by atoms with Gasteiger partial charge in [0, 0.05) is 0 Å². The summed E-state index contributed by atoms with van der Waals surface area (Å²) in [6.45, 7) is 4.28. The molecule has 0 unspecified atom stereocenters. The molecule has 0 radical (unpaired) electrons. The Kier molecular flexibility index (Phi) is 1.68. The van der Waals surface area contributed by atoms with Crippen LogP contribution in [0.1, 0.15) is 13.8 Å². The molecular formula is C10H12N2. The SMILES string of the molecule is CC(C)C1N=c2ccccc2=N1. The molecule has 0 saturated heterocycles. The Labute approximate surface area is 71.7 Å². The number of rotatable bonds is 1. The van der Waals surface area contributed by atoms with E-state index in [2.05, 4.69) is 23.8 Å². The number of hydrogen-bond acceptors (Lipinski definition) is 2. The van der Waals surface area contributed by atoms with E-state index in [0.717, 1.165) is 10.7 Å². The van der Waals surface area contributed by atoms with Gasteiger partial charge >= 0.3 is 0 Å². The van der Waals surface area contributed by atoms with Crippen molar-refractivity contribution in [2.75, 3.05) is 0 Å². The second-order valence-corrected chi connectivity index (χ2v) is 3.40. The molecule has 2 heteroatoms. The Balaban J connectivity index is 2.53. The average Bonchev–Trinajstić information content (AvgIpc) is 2.46. The standard InChI is InChI=1S/C10H12N2/c1-7(2)10-11-8-5-3-4-6-9(8)12-10/h3-7,10H,1-2H3. The van der Waals surface area contributed by atoms with Gasteiger partial charge in [0.2, 0.25) is 0 Å². The Morgan fingerprint density at radius 1 is 1.08 bits per heavy atom. The molecule has 0 fully saturated rings. The second-order valence-electron chi connectivity index (χ2n) is 3.40. The Morgan fingerprint density at radius 2 is 1.58 bits per heavy atom. The molecule has 2 nitrogen and oxygen atoms in total. The lowest BCUT2D eigenvalue weighted by Gasteiger charge is -2.05. The third-order valence-electron chi connectivity index (χ3n) is 2.02. The minimum atomic E-state index is 0.141. The highest BCUT2D eigenvalue weighted by atomic mass is 15.0. The first kappa shape index (κ1) is 7.47. The van der Waals surface area contributed by atoms with E-state index in [9.17, 15) is 0 Å². The van der Waals surface area contributed by atoms with Gasteiger partial charge in [-0.3, -0.25) is 9.98 Å². The molecule has 2 rings (SSSR count). The van der Waals surface area contributed by atoms with Gasteiger partial charge in [0.15, 0.2) is 0 Å². The fraction of sp³-hybridized carbons (Fsp3) is 0.400. The lowest BCUT2D eigenvalue weighted by atomic mass is 10.2. The first-order valence-corrected chi connectivity index (χ1v) is 4.28. The van der Waals surface area contributed by atoms with Crippen molar-refractivity contribution in [3.05, 3.63) is 35.0 Å². The normalized spacial score (nSPS) is 15.6. The molecule has 0 aromatic heterocycles. The highest BCUT2D eigenvalue weighted by Gasteiger charge is 2.12. The van der Waals surface area contributed by atoms with E-state index < -0.39 is 0 Å². The molecule has 0 atom stereocenters. The van der Waals surface area contributed by atoms with Crippen LogP contribution in [0.4, 0.5) is 0 Å². The molecule has 0 saturated carbocycles. The zero-order valence-corrected chi connectivity index (χ0v) is 7.36. The topological polar surface area (TPSA) is 24.7 Å². The van der Waals surface area contributed by atoms with Crippen molar-refractivity contribution in [2.24, 2.45) is 15.9 Å². The van der Waals surface area contributed by atoms with Crippen LogP contribution in [-0.2, 0) is 0 Å². The first-order chi connectivity index (χ1) is 5.77. The molecule has 12 heavy (non-hydrogen) atoms. The second kappa shape index (κ2) is 2.70. The van der Waals surface area contributed by atoms with Crippen LogP contribution >= 0.6 is 0 Å². The van der Waals surface area contributed by atoms with Crippen molar-refractivity contribution in [3.63, 3.8) is 0 Å². The molecule has 1 heterocycles. The number of fused-ring (bicyclic) bond motifs is 1. The molecule has 62 valence electrons. The number of hydrogen-bond donors (Lipinski definition) is 0. The van der Waals surface area contributed by atoms with E-state index in [0.29, 0.717) is 5.92 Å². The molecule has 1 aliphatic heterocycles. The van der Waals surface area contributed by atoms with Crippen molar-refractivity contribution in [1.29, 1.82) is 0 Å². The van der Waals surface area contributed by atoms with Crippen molar-refractivity contribution < 1.29 is 0 Å². The zero-order valence-electron chi connectivity index (χ0n) is 7.36. The summed E-state index contributed by atoms with van der Waals surface area (Å²) >= 11 is 0. The van der Waals surface area contributed by atoms with Crippen molar-refractivity contribution >= 4 is 0 Å². The van der Waals surface area contributed by atoms with Gasteiger partial charge in [0.25, 0.3) is 0 Å². The number of nitrogens with zero attached hydrogens (tertiary/aromatic N) is 2.